The van der Waals surface area contributed by atoms with Crippen molar-refractivity contribution in [1.82, 2.24) is 19.7 Å². The summed E-state index contributed by atoms with van der Waals surface area (Å²) in [7, 11) is 0. The summed E-state index contributed by atoms with van der Waals surface area (Å²) < 4.78 is 32.4. The summed E-state index contributed by atoms with van der Waals surface area (Å²) in [6.07, 6.45) is -1.94. The molecule has 1 fully saturated rings. The number of carbonyl (C=O) groups excluding carboxylic acids is 4. The second-order valence-corrected chi connectivity index (χ2v) is 12.7. The van der Waals surface area contributed by atoms with E-state index in [0.717, 1.165) is 19.3 Å². The molecule has 1 N–H and O–H groups in total. The first-order valence-electron chi connectivity index (χ1n) is 15.4. The minimum atomic E-state index is -1.24. The largest absolute Gasteiger partial charge is 0.486 e. The number of amides is 1. The van der Waals surface area contributed by atoms with E-state index in [-0.39, 0.29) is 23.4 Å². The van der Waals surface area contributed by atoms with Crippen LogP contribution < -0.4 is 10.1 Å². The fraction of sp³-hybridized carbons (Fsp3) is 0.625. The van der Waals surface area contributed by atoms with Crippen molar-refractivity contribution >= 4 is 36.0 Å². The van der Waals surface area contributed by atoms with Gasteiger partial charge in [0.15, 0.2) is 29.0 Å². The fourth-order valence-electron chi connectivity index (χ4n) is 5.19. The van der Waals surface area contributed by atoms with Gasteiger partial charge in [-0.15, -0.1) is 0 Å². The molecular weight excluding hydrogens is 616 g/mol. The van der Waals surface area contributed by atoms with Gasteiger partial charge in [0.2, 0.25) is 5.91 Å². The van der Waals surface area contributed by atoms with Gasteiger partial charge in [0.25, 0.3) is 0 Å². The van der Waals surface area contributed by atoms with Gasteiger partial charge in [-0.05, 0) is 41.7 Å². The molecule has 1 amide bonds. The van der Waals surface area contributed by atoms with Crippen LogP contribution in [-0.4, -0.2) is 69.1 Å². The third-order valence-corrected chi connectivity index (χ3v) is 7.77. The number of nitrogens with one attached hydrogen (secondary N) is 1. The van der Waals surface area contributed by atoms with Crippen molar-refractivity contribution in [3.8, 4) is 5.75 Å². The lowest BCUT2D eigenvalue weighted by Crippen LogP contribution is -2.64. The van der Waals surface area contributed by atoms with Crippen molar-refractivity contribution in [2.75, 3.05) is 6.61 Å². The molecule has 1 aliphatic rings. The number of ether oxygens (including phenoxy) is 5. The van der Waals surface area contributed by atoms with Crippen LogP contribution in [0, 0.1) is 4.77 Å². The van der Waals surface area contributed by atoms with Crippen molar-refractivity contribution in [2.45, 2.75) is 124 Å². The Morgan fingerprint density at radius 1 is 0.957 bits per heavy atom. The molecular formula is C32H46N4O9S. The third-order valence-electron chi connectivity index (χ3n) is 7.37. The van der Waals surface area contributed by atoms with Gasteiger partial charge >= 0.3 is 17.9 Å². The Hall–Kier alpha value is -3.78. The maximum Gasteiger partial charge on any atom is 0.303 e. The standard InChI is InChI=1S/C32H46N4O9S/c1-9-10-11-16-35-26(18-42-24-14-12-23(13-15-24)32(6,7)8)34-36(31(35)46)30-27(33-19(2)37)29(44-22(5)40)28(43-21(4)39)25(45-30)17-41-20(3)38/h12-15,25,27-30H,9-11,16-18H2,1-8H3,(H,33,37)/t25-,27-,28-,29-,30-/m1/s1. The molecule has 1 aliphatic heterocycles. The van der Waals surface area contributed by atoms with Crippen molar-refractivity contribution < 1.29 is 42.9 Å². The summed E-state index contributed by atoms with van der Waals surface area (Å²) in [4.78, 5) is 48.6. The Kier molecular flexibility index (Phi) is 12.9. The highest BCUT2D eigenvalue weighted by Crippen LogP contribution is 2.33. The Bertz CT molecular complexity index is 1430. The second-order valence-electron chi connectivity index (χ2n) is 12.3. The highest BCUT2D eigenvalue weighted by atomic mass is 32.1. The molecule has 14 heteroatoms. The molecule has 254 valence electrons. The summed E-state index contributed by atoms with van der Waals surface area (Å²) in [6.45, 7) is 13.7. The Balaban J connectivity index is 2.08. The maximum atomic E-state index is 12.5. The summed E-state index contributed by atoms with van der Waals surface area (Å²) >= 11 is 5.91. The molecule has 46 heavy (non-hydrogen) atoms. The first kappa shape index (κ1) is 36.7. The van der Waals surface area contributed by atoms with E-state index in [4.69, 9.17) is 41.0 Å². The van der Waals surface area contributed by atoms with Crippen LogP contribution in [0.25, 0.3) is 0 Å². The van der Waals surface area contributed by atoms with Gasteiger partial charge in [0.05, 0.1) is 0 Å². The van der Waals surface area contributed by atoms with Gasteiger partial charge in [0, 0.05) is 34.2 Å². The summed E-state index contributed by atoms with van der Waals surface area (Å²) in [5.41, 5.74) is 1.16. The van der Waals surface area contributed by atoms with Crippen LogP contribution in [0.5, 0.6) is 5.75 Å². The monoisotopic (exact) mass is 662 g/mol. The molecule has 13 nitrogen and oxygen atoms in total. The molecule has 0 saturated carbocycles. The van der Waals surface area contributed by atoms with Crippen LogP contribution in [0.3, 0.4) is 0 Å². The van der Waals surface area contributed by atoms with Crippen molar-refractivity contribution in [3.05, 3.63) is 40.4 Å². The molecule has 1 aromatic carbocycles. The van der Waals surface area contributed by atoms with Gasteiger partial charge in [-0.3, -0.25) is 19.2 Å². The van der Waals surface area contributed by atoms with Gasteiger partial charge in [-0.25, -0.2) is 4.68 Å². The van der Waals surface area contributed by atoms with E-state index in [0.29, 0.717) is 18.1 Å². The first-order chi connectivity index (χ1) is 21.6. The minimum Gasteiger partial charge on any atom is -0.486 e. The van der Waals surface area contributed by atoms with E-state index < -0.39 is 54.4 Å². The van der Waals surface area contributed by atoms with Crippen LogP contribution in [0.4, 0.5) is 0 Å². The minimum absolute atomic E-state index is 0.00692. The first-order valence-corrected chi connectivity index (χ1v) is 15.8. The predicted molar refractivity (Wildman–Crippen MR) is 169 cm³/mol. The molecule has 0 bridgehead atoms. The number of rotatable bonds is 13. The third kappa shape index (κ3) is 9.86. The number of unbranched alkanes of at least 4 members (excludes halogenated alkanes) is 2. The predicted octanol–water partition coefficient (Wildman–Crippen LogP) is 4.31. The van der Waals surface area contributed by atoms with E-state index in [2.05, 4.69) is 33.0 Å². The number of hydrogen-bond donors (Lipinski definition) is 1. The topological polar surface area (TPSA) is 149 Å². The van der Waals surface area contributed by atoms with Gasteiger partial charge in [-0.1, -0.05) is 52.7 Å². The smallest absolute Gasteiger partial charge is 0.303 e. The molecule has 3 rings (SSSR count). The second kappa shape index (κ2) is 16.2. The highest BCUT2D eigenvalue weighted by Gasteiger charge is 2.52. The Morgan fingerprint density at radius 3 is 2.13 bits per heavy atom. The van der Waals surface area contributed by atoms with E-state index in [1.807, 2.05) is 28.8 Å². The van der Waals surface area contributed by atoms with Crippen LogP contribution in [0.15, 0.2) is 24.3 Å². The van der Waals surface area contributed by atoms with Gasteiger partial charge in [0.1, 0.15) is 31.1 Å². The molecule has 0 spiro atoms. The van der Waals surface area contributed by atoms with E-state index in [1.165, 1.54) is 37.9 Å². The van der Waals surface area contributed by atoms with E-state index in [1.54, 1.807) is 0 Å². The summed E-state index contributed by atoms with van der Waals surface area (Å²) in [5.74, 6) is -1.28. The van der Waals surface area contributed by atoms with Gasteiger partial charge in [-0.2, -0.15) is 5.10 Å². The fourth-order valence-corrected chi connectivity index (χ4v) is 5.53. The average molecular weight is 663 g/mol. The zero-order valence-electron chi connectivity index (χ0n) is 27.9. The zero-order valence-corrected chi connectivity index (χ0v) is 28.7. The average Bonchev–Trinajstić information content (AvgIpc) is 3.26. The zero-order chi connectivity index (χ0) is 34.2. The molecule has 2 aromatic rings. The Morgan fingerprint density at radius 2 is 1.59 bits per heavy atom. The van der Waals surface area contributed by atoms with Crippen LogP contribution >= 0.6 is 12.2 Å². The quantitative estimate of drug-likeness (QED) is 0.142. The van der Waals surface area contributed by atoms with E-state index >= 15 is 0 Å². The molecule has 0 unspecified atom stereocenters. The normalized spacial score (nSPS) is 21.3. The highest BCUT2D eigenvalue weighted by molar-refractivity contribution is 7.71. The molecule has 5 atom stereocenters. The lowest BCUT2D eigenvalue weighted by atomic mass is 9.87. The Labute approximate surface area is 274 Å². The number of aromatic nitrogens is 3. The van der Waals surface area contributed by atoms with Crippen molar-refractivity contribution in [2.24, 2.45) is 0 Å². The summed E-state index contributed by atoms with van der Waals surface area (Å²) in [5, 5.41) is 7.56. The number of carbonyl (C=O) groups is 4. The number of esters is 3. The van der Waals surface area contributed by atoms with Crippen LogP contribution in [0.1, 0.15) is 92.3 Å². The summed E-state index contributed by atoms with van der Waals surface area (Å²) in [6, 6.07) is 6.76. The number of benzene rings is 1. The molecule has 1 aromatic heterocycles. The lowest BCUT2D eigenvalue weighted by Gasteiger charge is -2.45. The number of nitrogens with zero attached hydrogens (tertiary/aromatic N) is 3. The van der Waals surface area contributed by atoms with E-state index in [9.17, 15) is 19.2 Å². The molecule has 0 aliphatic carbocycles. The molecule has 1 saturated heterocycles. The maximum absolute atomic E-state index is 12.5. The molecule has 0 radical (unpaired) electrons. The number of hydrogen-bond acceptors (Lipinski definition) is 11. The van der Waals surface area contributed by atoms with Crippen molar-refractivity contribution in [3.63, 3.8) is 0 Å². The molecule has 2 heterocycles. The van der Waals surface area contributed by atoms with Crippen LogP contribution in [-0.2, 0) is 56.7 Å². The van der Waals surface area contributed by atoms with Crippen LogP contribution in [0.2, 0.25) is 0 Å². The van der Waals surface area contributed by atoms with Gasteiger partial charge < -0.3 is 33.6 Å². The van der Waals surface area contributed by atoms with Crippen molar-refractivity contribution in [1.29, 1.82) is 0 Å². The SMILES string of the molecule is CCCCCn1c(COc2ccc(C(C)(C)C)cc2)nn([C@@H]2O[C@H](COC(C)=O)[C@@H](OC(C)=O)[C@H](OC(C)=O)[C@H]2NC(C)=O)c1=S. The lowest BCUT2D eigenvalue weighted by molar-refractivity contribution is -0.239.